The van der Waals surface area contributed by atoms with Gasteiger partial charge in [0.2, 0.25) is 5.82 Å². The molecule has 0 aliphatic heterocycles. The lowest BCUT2D eigenvalue weighted by atomic mass is 10.1. The first-order valence-corrected chi connectivity index (χ1v) is 7.47. The number of thiophene rings is 1. The Kier molecular flexibility index (Phi) is 3.53. The predicted molar refractivity (Wildman–Crippen MR) is 79.7 cm³/mol. The third-order valence-corrected chi connectivity index (χ3v) is 4.45. The van der Waals surface area contributed by atoms with Gasteiger partial charge in [-0.3, -0.25) is 0 Å². The molecule has 0 unspecified atom stereocenters. The van der Waals surface area contributed by atoms with Crippen LogP contribution in [-0.2, 0) is 0 Å². The second-order valence-electron chi connectivity index (χ2n) is 4.92. The van der Waals surface area contributed by atoms with Gasteiger partial charge >= 0.3 is 0 Å². The number of rotatable bonds is 3. The van der Waals surface area contributed by atoms with Crippen molar-refractivity contribution in [3.63, 3.8) is 0 Å². The summed E-state index contributed by atoms with van der Waals surface area (Å²) in [6, 6.07) is 4.40. The van der Waals surface area contributed by atoms with E-state index in [1.807, 2.05) is 6.92 Å². The number of ether oxygens (including phenoxy) is 1. The highest BCUT2D eigenvalue weighted by Crippen LogP contribution is 2.40. The number of hydrogen-bond donors (Lipinski definition) is 0. The summed E-state index contributed by atoms with van der Waals surface area (Å²) in [5, 5.41) is 0.520. The Hall–Kier alpha value is -1.75. The van der Waals surface area contributed by atoms with Gasteiger partial charge in [-0.25, -0.2) is 8.78 Å². The van der Waals surface area contributed by atoms with Gasteiger partial charge in [0, 0.05) is 26.2 Å². The molecule has 0 fully saturated rings. The lowest BCUT2D eigenvalue weighted by Gasteiger charge is -2.07. The van der Waals surface area contributed by atoms with E-state index in [0.29, 0.717) is 28.7 Å². The van der Waals surface area contributed by atoms with Crippen LogP contribution in [0.25, 0.3) is 20.2 Å². The van der Waals surface area contributed by atoms with E-state index < -0.39 is 17.5 Å². The molecule has 0 aliphatic rings. The van der Waals surface area contributed by atoms with Crippen LogP contribution in [0.4, 0.5) is 13.2 Å². The number of aryl methyl sites for hydroxylation is 1. The third-order valence-electron chi connectivity index (χ3n) is 3.35. The van der Waals surface area contributed by atoms with Crippen LogP contribution in [-0.4, -0.2) is 6.61 Å². The molecule has 0 bridgehead atoms. The van der Waals surface area contributed by atoms with E-state index in [1.165, 1.54) is 23.5 Å². The molecule has 110 valence electrons. The van der Waals surface area contributed by atoms with Gasteiger partial charge in [0.15, 0.2) is 11.6 Å². The van der Waals surface area contributed by atoms with E-state index in [2.05, 4.69) is 0 Å². The minimum Gasteiger partial charge on any atom is -0.490 e. The average Bonchev–Trinajstić information content (AvgIpc) is 2.79. The molecule has 1 heterocycles. The van der Waals surface area contributed by atoms with Gasteiger partial charge in [-0.1, -0.05) is 6.92 Å². The van der Waals surface area contributed by atoms with E-state index in [-0.39, 0.29) is 11.1 Å². The maximum atomic E-state index is 14.3. The molecular weight excluding hydrogens is 297 g/mol. The van der Waals surface area contributed by atoms with Crippen molar-refractivity contribution in [1.29, 1.82) is 0 Å². The maximum absolute atomic E-state index is 14.3. The van der Waals surface area contributed by atoms with Crippen LogP contribution >= 0.6 is 11.3 Å². The lowest BCUT2D eigenvalue weighted by molar-refractivity contribution is 0.296. The van der Waals surface area contributed by atoms with Crippen molar-refractivity contribution in [2.75, 3.05) is 6.61 Å². The largest absolute Gasteiger partial charge is 0.490 e. The molecule has 0 saturated carbocycles. The summed E-state index contributed by atoms with van der Waals surface area (Å²) in [5.74, 6) is -2.51. The number of benzene rings is 2. The van der Waals surface area contributed by atoms with Crippen LogP contribution < -0.4 is 4.74 Å². The summed E-state index contributed by atoms with van der Waals surface area (Å²) in [6.45, 7) is 3.85. The normalized spacial score (nSPS) is 11.5. The summed E-state index contributed by atoms with van der Waals surface area (Å²) in [4.78, 5) is 0. The first kappa shape index (κ1) is 14.2. The van der Waals surface area contributed by atoms with Gasteiger partial charge in [0.25, 0.3) is 0 Å². The highest BCUT2D eigenvalue weighted by molar-refractivity contribution is 7.25. The summed E-state index contributed by atoms with van der Waals surface area (Å²) in [5.41, 5.74) is 0.484. The van der Waals surface area contributed by atoms with E-state index in [4.69, 9.17) is 4.74 Å². The lowest BCUT2D eigenvalue weighted by Crippen LogP contribution is -1.99. The van der Waals surface area contributed by atoms with E-state index in [0.717, 1.165) is 4.70 Å². The third kappa shape index (κ3) is 2.25. The molecule has 1 aromatic heterocycles. The summed E-state index contributed by atoms with van der Waals surface area (Å²) in [7, 11) is 0. The summed E-state index contributed by atoms with van der Waals surface area (Å²) >= 11 is 1.30. The van der Waals surface area contributed by atoms with Gasteiger partial charge in [-0.15, -0.1) is 11.3 Å². The fourth-order valence-corrected chi connectivity index (χ4v) is 3.49. The van der Waals surface area contributed by atoms with Crippen LogP contribution in [0.15, 0.2) is 18.2 Å². The minimum atomic E-state index is -1.02. The molecular formula is C16H13F3OS. The smallest absolute Gasteiger partial charge is 0.201 e. The molecule has 1 nitrogen and oxygen atoms in total. The molecule has 5 heteroatoms. The van der Waals surface area contributed by atoms with E-state index in [9.17, 15) is 13.2 Å². The van der Waals surface area contributed by atoms with E-state index in [1.54, 1.807) is 13.0 Å². The first-order chi connectivity index (χ1) is 10.0. The van der Waals surface area contributed by atoms with Gasteiger partial charge < -0.3 is 4.74 Å². The van der Waals surface area contributed by atoms with Crippen molar-refractivity contribution in [1.82, 2.24) is 0 Å². The van der Waals surface area contributed by atoms with Crippen molar-refractivity contribution >= 4 is 31.5 Å². The van der Waals surface area contributed by atoms with Crippen molar-refractivity contribution < 1.29 is 17.9 Å². The van der Waals surface area contributed by atoms with Gasteiger partial charge in [-0.2, -0.15) is 4.39 Å². The molecule has 0 spiro atoms. The topological polar surface area (TPSA) is 9.23 Å². The Labute approximate surface area is 124 Å². The van der Waals surface area contributed by atoms with E-state index >= 15 is 0 Å². The van der Waals surface area contributed by atoms with Crippen LogP contribution in [0, 0.1) is 24.4 Å². The molecule has 0 N–H and O–H groups in total. The Morgan fingerprint density at radius 3 is 2.52 bits per heavy atom. The zero-order valence-corrected chi connectivity index (χ0v) is 12.4. The fraction of sp³-hybridized carbons (Fsp3) is 0.250. The summed E-state index contributed by atoms with van der Waals surface area (Å²) in [6.07, 6.45) is 0.704. The van der Waals surface area contributed by atoms with Crippen molar-refractivity contribution in [3.05, 3.63) is 41.2 Å². The van der Waals surface area contributed by atoms with Crippen LogP contribution in [0.5, 0.6) is 5.75 Å². The number of fused-ring (bicyclic) bond motifs is 3. The van der Waals surface area contributed by atoms with Gasteiger partial charge in [0.05, 0.1) is 6.61 Å². The number of halogens is 3. The Bertz CT molecular complexity index is 839. The standard InChI is InChI=1S/C16H13F3OS/c1-3-4-20-11-7-13-14(16(19)15(11)18)9-6-10(17)8(2)5-12(9)21-13/h5-7H,3-4H2,1-2H3. The molecule has 3 rings (SSSR count). The number of hydrogen-bond acceptors (Lipinski definition) is 2. The maximum Gasteiger partial charge on any atom is 0.201 e. The monoisotopic (exact) mass is 310 g/mol. The molecule has 0 radical (unpaired) electrons. The van der Waals surface area contributed by atoms with Crippen LogP contribution in [0.2, 0.25) is 0 Å². The molecule has 0 amide bonds. The summed E-state index contributed by atoms with van der Waals surface area (Å²) < 4.78 is 48.6. The molecule has 3 aromatic rings. The highest BCUT2D eigenvalue weighted by atomic mass is 32.1. The quantitative estimate of drug-likeness (QED) is 0.614. The van der Waals surface area contributed by atoms with Crippen molar-refractivity contribution in [2.24, 2.45) is 0 Å². The van der Waals surface area contributed by atoms with Gasteiger partial charge in [0.1, 0.15) is 5.82 Å². The Morgan fingerprint density at radius 2 is 1.81 bits per heavy atom. The highest BCUT2D eigenvalue weighted by Gasteiger charge is 2.19. The predicted octanol–water partition coefficient (Wildman–Crippen LogP) is 5.57. The Balaban J connectivity index is 2.32. The zero-order valence-electron chi connectivity index (χ0n) is 11.6. The zero-order chi connectivity index (χ0) is 15.1. The molecule has 0 aliphatic carbocycles. The molecule has 0 saturated heterocycles. The van der Waals surface area contributed by atoms with Crippen molar-refractivity contribution in [3.8, 4) is 5.75 Å². The Morgan fingerprint density at radius 1 is 1.05 bits per heavy atom. The minimum absolute atomic E-state index is 0.0920. The van der Waals surface area contributed by atoms with Crippen LogP contribution in [0.1, 0.15) is 18.9 Å². The van der Waals surface area contributed by atoms with Crippen molar-refractivity contribution in [2.45, 2.75) is 20.3 Å². The molecule has 21 heavy (non-hydrogen) atoms. The second kappa shape index (κ2) is 5.22. The first-order valence-electron chi connectivity index (χ1n) is 6.66. The molecule has 2 aromatic carbocycles. The second-order valence-corrected chi connectivity index (χ2v) is 6.01. The van der Waals surface area contributed by atoms with Gasteiger partial charge in [-0.05, 0) is 31.0 Å². The SMILES string of the molecule is CCCOc1cc2sc3cc(C)c(F)cc3c2c(F)c1F. The van der Waals surface area contributed by atoms with Crippen LogP contribution in [0.3, 0.4) is 0 Å². The fourth-order valence-electron chi connectivity index (χ4n) is 2.28. The molecule has 0 atom stereocenters. The average molecular weight is 310 g/mol.